The molecule has 1 aliphatic rings. The summed E-state index contributed by atoms with van der Waals surface area (Å²) in [5.41, 5.74) is 1.95. The molecule has 0 amide bonds. The number of aryl methyl sites for hydroxylation is 1. The first-order valence-corrected chi connectivity index (χ1v) is 6.37. The van der Waals surface area contributed by atoms with Crippen LogP contribution in [0.2, 0.25) is 0 Å². The van der Waals surface area contributed by atoms with Crippen LogP contribution in [0.1, 0.15) is 17.5 Å². The second-order valence-electron chi connectivity index (χ2n) is 4.37. The Balaban J connectivity index is 0.000000186. The first-order valence-electron chi connectivity index (χ1n) is 6.37. The van der Waals surface area contributed by atoms with Crippen molar-refractivity contribution in [1.82, 2.24) is 0 Å². The molecule has 1 heterocycles. The van der Waals surface area contributed by atoms with E-state index in [1.165, 1.54) is 0 Å². The number of fused-ring (bicyclic) bond motifs is 1. The smallest absolute Gasteiger partial charge is 0.197 e. The van der Waals surface area contributed by atoms with Gasteiger partial charge in [-0.3, -0.25) is 0 Å². The lowest BCUT2D eigenvalue weighted by molar-refractivity contribution is -0.0316. The van der Waals surface area contributed by atoms with E-state index in [0.717, 1.165) is 23.3 Å². The van der Waals surface area contributed by atoms with Crippen LogP contribution in [0, 0.1) is 0 Å². The molecule has 2 N–H and O–H groups in total. The Morgan fingerprint density at radius 3 is 2.26 bits per heavy atom. The van der Waals surface area contributed by atoms with Gasteiger partial charge in [0.15, 0.2) is 6.29 Å². The Bertz CT molecular complexity index is 470. The summed E-state index contributed by atoms with van der Waals surface area (Å²) in [5, 5.41) is 18.1. The summed E-state index contributed by atoms with van der Waals surface area (Å²) < 4.78 is 5.21. The Morgan fingerprint density at radius 2 is 1.68 bits per heavy atom. The average molecular weight is 258 g/mol. The van der Waals surface area contributed by atoms with Crippen molar-refractivity contribution in [3.8, 4) is 5.75 Å². The van der Waals surface area contributed by atoms with E-state index in [-0.39, 0.29) is 6.61 Å². The molecule has 2 aromatic rings. The van der Waals surface area contributed by atoms with E-state index >= 15 is 0 Å². The largest absolute Gasteiger partial charge is 0.465 e. The molecule has 1 aliphatic heterocycles. The van der Waals surface area contributed by atoms with Gasteiger partial charge in [0, 0.05) is 6.42 Å². The topological polar surface area (TPSA) is 49.7 Å². The van der Waals surface area contributed by atoms with Crippen LogP contribution in [0.5, 0.6) is 5.75 Å². The summed E-state index contributed by atoms with van der Waals surface area (Å²) in [6.45, 7) is 0.0514. The summed E-state index contributed by atoms with van der Waals surface area (Å²) in [4.78, 5) is 0. The van der Waals surface area contributed by atoms with E-state index in [2.05, 4.69) is 0 Å². The van der Waals surface area contributed by atoms with Crippen LogP contribution in [0.25, 0.3) is 0 Å². The van der Waals surface area contributed by atoms with Crippen LogP contribution >= 0.6 is 0 Å². The van der Waals surface area contributed by atoms with Crippen LogP contribution in [0.3, 0.4) is 0 Å². The van der Waals surface area contributed by atoms with E-state index < -0.39 is 6.29 Å². The maximum absolute atomic E-state index is 9.21. The third-order valence-electron chi connectivity index (χ3n) is 2.90. The van der Waals surface area contributed by atoms with Gasteiger partial charge in [0.2, 0.25) is 0 Å². The van der Waals surface area contributed by atoms with Crippen LogP contribution in [0.4, 0.5) is 0 Å². The van der Waals surface area contributed by atoms with Gasteiger partial charge < -0.3 is 14.9 Å². The normalized spacial score (nSPS) is 16.6. The maximum atomic E-state index is 9.21. The molecule has 3 rings (SSSR count). The highest BCUT2D eigenvalue weighted by molar-refractivity contribution is 5.38. The lowest BCUT2D eigenvalue weighted by Gasteiger charge is -2.22. The minimum atomic E-state index is -0.674. The minimum absolute atomic E-state index is 0.0514. The monoisotopic (exact) mass is 258 g/mol. The van der Waals surface area contributed by atoms with Crippen LogP contribution < -0.4 is 4.74 Å². The van der Waals surface area contributed by atoms with Gasteiger partial charge in [-0.05, 0) is 29.7 Å². The van der Waals surface area contributed by atoms with Crippen molar-refractivity contribution in [2.75, 3.05) is 0 Å². The fourth-order valence-corrected chi connectivity index (χ4v) is 1.91. The summed E-state index contributed by atoms with van der Waals surface area (Å²) in [6.07, 6.45) is 0.763. The Kier molecular flexibility index (Phi) is 4.95. The molecule has 0 radical (unpaired) electrons. The van der Waals surface area contributed by atoms with Crippen molar-refractivity contribution < 1.29 is 14.9 Å². The third kappa shape index (κ3) is 4.09. The molecule has 0 aromatic heterocycles. The summed E-state index contributed by atoms with van der Waals surface area (Å²) in [5.74, 6) is 0.732. The first kappa shape index (κ1) is 13.6. The van der Waals surface area contributed by atoms with Crippen molar-refractivity contribution in [2.45, 2.75) is 25.7 Å². The Hall–Kier alpha value is -1.84. The van der Waals surface area contributed by atoms with Crippen molar-refractivity contribution in [2.24, 2.45) is 0 Å². The molecule has 0 fully saturated rings. The second-order valence-corrected chi connectivity index (χ2v) is 4.37. The van der Waals surface area contributed by atoms with E-state index in [1.807, 2.05) is 42.5 Å². The number of hydrogen-bond acceptors (Lipinski definition) is 3. The van der Waals surface area contributed by atoms with Crippen LogP contribution in [0.15, 0.2) is 54.6 Å². The van der Waals surface area contributed by atoms with Crippen molar-refractivity contribution in [3.05, 3.63) is 65.7 Å². The highest BCUT2D eigenvalue weighted by Crippen LogP contribution is 2.27. The molecule has 100 valence electrons. The quantitative estimate of drug-likeness (QED) is 0.826. The van der Waals surface area contributed by atoms with Crippen LogP contribution in [-0.2, 0) is 13.0 Å². The first-order chi connectivity index (χ1) is 9.29. The van der Waals surface area contributed by atoms with Gasteiger partial charge in [-0.15, -0.1) is 0 Å². The third-order valence-corrected chi connectivity index (χ3v) is 2.90. The summed E-state index contributed by atoms with van der Waals surface area (Å²) in [7, 11) is 0. The fraction of sp³-hybridized carbons (Fsp3) is 0.250. The zero-order valence-electron chi connectivity index (χ0n) is 10.7. The van der Waals surface area contributed by atoms with Gasteiger partial charge >= 0.3 is 0 Å². The standard InChI is InChI=1S/C10H12O3.C6H6/c11-6-7-1-3-9-8(5-7)2-4-10(12)13-9;1-2-4-6-5-3-1/h1,3,5,10-12H,2,4,6H2;1-6H. The molecule has 3 nitrogen and oxygen atoms in total. The van der Waals surface area contributed by atoms with Gasteiger partial charge in [0.05, 0.1) is 6.61 Å². The second kappa shape index (κ2) is 6.92. The Labute approximate surface area is 113 Å². The molecule has 1 unspecified atom stereocenters. The molecule has 0 saturated carbocycles. The fourth-order valence-electron chi connectivity index (χ4n) is 1.91. The summed E-state index contributed by atoms with van der Waals surface area (Å²) in [6, 6.07) is 17.5. The number of benzene rings is 2. The lowest BCUT2D eigenvalue weighted by atomic mass is 10.0. The zero-order valence-corrected chi connectivity index (χ0v) is 10.7. The predicted octanol–water partition coefficient (Wildman–Crippen LogP) is 2.51. The molecular formula is C16H18O3. The molecule has 0 aliphatic carbocycles. The van der Waals surface area contributed by atoms with E-state index in [1.54, 1.807) is 12.1 Å². The predicted molar refractivity (Wildman–Crippen MR) is 73.8 cm³/mol. The van der Waals surface area contributed by atoms with Gasteiger partial charge in [-0.1, -0.05) is 42.5 Å². The van der Waals surface area contributed by atoms with E-state index in [0.29, 0.717) is 6.42 Å². The molecular weight excluding hydrogens is 240 g/mol. The molecule has 1 atom stereocenters. The number of rotatable bonds is 1. The highest BCUT2D eigenvalue weighted by Gasteiger charge is 2.16. The van der Waals surface area contributed by atoms with Crippen molar-refractivity contribution >= 4 is 0 Å². The van der Waals surface area contributed by atoms with Crippen LogP contribution in [-0.4, -0.2) is 16.5 Å². The van der Waals surface area contributed by atoms with Gasteiger partial charge in [-0.25, -0.2) is 0 Å². The number of aliphatic hydroxyl groups is 2. The zero-order chi connectivity index (χ0) is 13.5. The van der Waals surface area contributed by atoms with Crippen molar-refractivity contribution in [1.29, 1.82) is 0 Å². The summed E-state index contributed by atoms with van der Waals surface area (Å²) >= 11 is 0. The number of ether oxygens (including phenoxy) is 1. The van der Waals surface area contributed by atoms with Gasteiger partial charge in [-0.2, -0.15) is 0 Å². The SMILES string of the molecule is OCc1ccc2c(c1)CCC(O)O2.c1ccccc1. The maximum Gasteiger partial charge on any atom is 0.197 e. The average Bonchev–Trinajstić information content (AvgIpc) is 2.49. The lowest BCUT2D eigenvalue weighted by Crippen LogP contribution is -2.21. The van der Waals surface area contributed by atoms with Gasteiger partial charge in [0.25, 0.3) is 0 Å². The number of aliphatic hydroxyl groups excluding tert-OH is 2. The molecule has 3 heteroatoms. The number of hydrogen-bond donors (Lipinski definition) is 2. The molecule has 0 bridgehead atoms. The van der Waals surface area contributed by atoms with Crippen molar-refractivity contribution in [3.63, 3.8) is 0 Å². The van der Waals surface area contributed by atoms with Gasteiger partial charge in [0.1, 0.15) is 5.75 Å². The molecule has 19 heavy (non-hydrogen) atoms. The van der Waals surface area contributed by atoms with E-state index in [9.17, 15) is 5.11 Å². The Morgan fingerprint density at radius 1 is 1.05 bits per heavy atom. The minimum Gasteiger partial charge on any atom is -0.465 e. The highest BCUT2D eigenvalue weighted by atomic mass is 16.6. The van der Waals surface area contributed by atoms with E-state index in [4.69, 9.17) is 9.84 Å². The molecule has 0 spiro atoms. The molecule has 0 saturated heterocycles. The molecule has 2 aromatic carbocycles.